The Kier molecular flexibility index (Phi) is 10.9. The molecule has 0 atom stereocenters. The number of aromatic nitrogens is 3. The van der Waals surface area contributed by atoms with Gasteiger partial charge in [0.1, 0.15) is 12.1 Å². The average molecular weight is 550 g/mol. The molecule has 0 bridgehead atoms. The van der Waals surface area contributed by atoms with Crippen molar-refractivity contribution < 1.29 is 9.47 Å². The fourth-order valence-electron chi connectivity index (χ4n) is 3.07. The first kappa shape index (κ1) is 25.6. The van der Waals surface area contributed by atoms with Crippen molar-refractivity contribution in [3.05, 3.63) is 71.8 Å². The van der Waals surface area contributed by atoms with Gasteiger partial charge < -0.3 is 20.1 Å². The second-order valence-electron chi connectivity index (χ2n) is 7.04. The second-order valence-corrected chi connectivity index (χ2v) is 7.04. The average Bonchev–Trinajstić information content (AvgIpc) is 3.27. The first-order valence-corrected chi connectivity index (χ1v) is 10.3. The summed E-state index contributed by atoms with van der Waals surface area (Å²) in [6.45, 7) is 4.44. The molecule has 1 aromatic heterocycles. The van der Waals surface area contributed by atoms with Crippen LogP contribution in [0.4, 0.5) is 0 Å². The van der Waals surface area contributed by atoms with E-state index in [1.807, 2.05) is 34.9 Å². The Morgan fingerprint density at radius 1 is 1.06 bits per heavy atom. The number of rotatable bonds is 10. The summed E-state index contributed by atoms with van der Waals surface area (Å²) in [4.78, 5) is 4.32. The Hall–Kier alpha value is -2.66. The number of aliphatic imine (C=N–C) groups is 1. The summed E-state index contributed by atoms with van der Waals surface area (Å²) >= 11 is 0. The van der Waals surface area contributed by atoms with E-state index < -0.39 is 0 Å². The van der Waals surface area contributed by atoms with Crippen LogP contribution in [0.2, 0.25) is 0 Å². The van der Waals surface area contributed by atoms with E-state index in [1.54, 1.807) is 20.5 Å². The molecule has 2 aromatic carbocycles. The van der Waals surface area contributed by atoms with E-state index in [0.717, 1.165) is 34.8 Å². The minimum Gasteiger partial charge on any atom is -0.493 e. The molecule has 32 heavy (non-hydrogen) atoms. The number of para-hydroxylation sites is 1. The van der Waals surface area contributed by atoms with E-state index in [-0.39, 0.29) is 24.0 Å². The van der Waals surface area contributed by atoms with Gasteiger partial charge in [0, 0.05) is 45.0 Å². The Morgan fingerprint density at radius 3 is 2.59 bits per heavy atom. The zero-order valence-corrected chi connectivity index (χ0v) is 21.1. The summed E-state index contributed by atoms with van der Waals surface area (Å²) in [5.41, 5.74) is 3.24. The molecule has 0 aliphatic carbocycles. The van der Waals surface area contributed by atoms with Gasteiger partial charge >= 0.3 is 0 Å². The molecule has 3 aromatic rings. The van der Waals surface area contributed by atoms with Crippen LogP contribution in [-0.4, -0.2) is 48.1 Å². The van der Waals surface area contributed by atoms with Crippen LogP contribution in [0.3, 0.4) is 0 Å². The third-order valence-electron chi connectivity index (χ3n) is 4.71. The molecule has 3 rings (SSSR count). The fourth-order valence-corrected chi connectivity index (χ4v) is 3.07. The Bertz CT molecular complexity index is 978. The van der Waals surface area contributed by atoms with Crippen molar-refractivity contribution >= 4 is 29.9 Å². The molecular formula is C23H31IN6O2. The number of ether oxygens (including phenoxy) is 2. The molecule has 1 heterocycles. The Labute approximate surface area is 206 Å². The van der Waals surface area contributed by atoms with Gasteiger partial charge in [-0.05, 0) is 30.7 Å². The number of halogens is 1. The molecular weight excluding hydrogens is 519 g/mol. The molecule has 0 aliphatic heterocycles. The summed E-state index contributed by atoms with van der Waals surface area (Å²) < 4.78 is 13.0. The van der Waals surface area contributed by atoms with E-state index in [2.05, 4.69) is 50.9 Å². The molecule has 0 saturated heterocycles. The quantitative estimate of drug-likeness (QED) is 0.174. The maximum absolute atomic E-state index is 5.97. The summed E-state index contributed by atoms with van der Waals surface area (Å²) in [7, 11) is 3.44. The predicted octanol–water partition coefficient (Wildman–Crippen LogP) is 3.47. The number of benzene rings is 2. The lowest BCUT2D eigenvalue weighted by molar-refractivity contribution is 0.171. The maximum atomic E-state index is 5.97. The van der Waals surface area contributed by atoms with E-state index in [9.17, 15) is 0 Å². The Morgan fingerprint density at radius 2 is 1.84 bits per heavy atom. The molecule has 0 aliphatic rings. The number of nitrogens with one attached hydrogen (secondary N) is 2. The van der Waals surface area contributed by atoms with E-state index in [1.165, 1.54) is 0 Å². The molecule has 2 N–H and O–H groups in total. The molecule has 0 saturated carbocycles. The molecule has 0 amide bonds. The van der Waals surface area contributed by atoms with Gasteiger partial charge in [-0.1, -0.05) is 30.3 Å². The normalized spacial score (nSPS) is 11.0. The van der Waals surface area contributed by atoms with Crippen LogP contribution >= 0.6 is 24.0 Å². The third-order valence-corrected chi connectivity index (χ3v) is 4.71. The van der Waals surface area contributed by atoms with Crippen LogP contribution in [-0.2, 0) is 17.8 Å². The number of hydrogen-bond donors (Lipinski definition) is 2. The van der Waals surface area contributed by atoms with Gasteiger partial charge in [0.2, 0.25) is 0 Å². The highest BCUT2D eigenvalue weighted by Gasteiger charge is 2.09. The zero-order valence-electron chi connectivity index (χ0n) is 18.7. The molecule has 0 spiro atoms. The van der Waals surface area contributed by atoms with Gasteiger partial charge in [-0.25, -0.2) is 0 Å². The smallest absolute Gasteiger partial charge is 0.191 e. The number of nitrogens with zero attached hydrogens (tertiary/aromatic N) is 4. The highest BCUT2D eigenvalue weighted by atomic mass is 127. The van der Waals surface area contributed by atoms with E-state index >= 15 is 0 Å². The van der Waals surface area contributed by atoms with Gasteiger partial charge in [0.25, 0.3) is 0 Å². The molecule has 0 fully saturated rings. The van der Waals surface area contributed by atoms with Crippen molar-refractivity contribution in [1.29, 1.82) is 0 Å². The van der Waals surface area contributed by atoms with E-state index in [0.29, 0.717) is 32.3 Å². The van der Waals surface area contributed by atoms with Crippen molar-refractivity contribution in [3.63, 3.8) is 0 Å². The number of guanidine groups is 1. The fraction of sp³-hybridized carbons (Fsp3) is 0.348. The highest BCUT2D eigenvalue weighted by Crippen LogP contribution is 2.20. The maximum Gasteiger partial charge on any atom is 0.191 e. The SMILES string of the molecule is CN=C(NCc1ccc(C)cc1OCCCOC)NCc1nncn1-c1ccccc1.I. The van der Waals surface area contributed by atoms with Gasteiger partial charge in [-0.3, -0.25) is 9.56 Å². The summed E-state index contributed by atoms with van der Waals surface area (Å²) in [5.74, 6) is 2.35. The molecule has 0 radical (unpaired) electrons. The molecule has 0 unspecified atom stereocenters. The van der Waals surface area contributed by atoms with Gasteiger partial charge in [0.05, 0.1) is 13.2 Å². The van der Waals surface area contributed by atoms with Crippen molar-refractivity contribution in [3.8, 4) is 11.4 Å². The van der Waals surface area contributed by atoms with Crippen molar-refractivity contribution in [2.24, 2.45) is 4.99 Å². The van der Waals surface area contributed by atoms with Crippen LogP contribution < -0.4 is 15.4 Å². The molecule has 9 heteroatoms. The third kappa shape index (κ3) is 7.49. The monoisotopic (exact) mass is 550 g/mol. The van der Waals surface area contributed by atoms with Gasteiger partial charge in [0.15, 0.2) is 11.8 Å². The minimum atomic E-state index is 0. The number of hydrogen-bond acceptors (Lipinski definition) is 5. The summed E-state index contributed by atoms with van der Waals surface area (Å²) in [6, 6.07) is 16.2. The van der Waals surface area contributed by atoms with E-state index in [4.69, 9.17) is 9.47 Å². The van der Waals surface area contributed by atoms with Gasteiger partial charge in [-0.15, -0.1) is 34.2 Å². The highest BCUT2D eigenvalue weighted by molar-refractivity contribution is 14.0. The predicted molar refractivity (Wildman–Crippen MR) is 137 cm³/mol. The van der Waals surface area contributed by atoms with Crippen molar-refractivity contribution in [2.45, 2.75) is 26.4 Å². The summed E-state index contributed by atoms with van der Waals surface area (Å²) in [6.07, 6.45) is 2.56. The first-order chi connectivity index (χ1) is 15.2. The lowest BCUT2D eigenvalue weighted by Gasteiger charge is -2.15. The van der Waals surface area contributed by atoms with Crippen molar-refractivity contribution in [1.82, 2.24) is 25.4 Å². The summed E-state index contributed by atoms with van der Waals surface area (Å²) in [5, 5.41) is 14.9. The standard InChI is InChI=1S/C23H30N6O2.HI/c1-18-10-11-19(21(14-18)31-13-7-12-30-3)15-25-23(24-2)26-16-22-28-27-17-29(22)20-8-5-4-6-9-20;/h4-6,8-11,14,17H,7,12-13,15-16H2,1-3H3,(H2,24,25,26);1H. The lowest BCUT2D eigenvalue weighted by atomic mass is 10.1. The lowest BCUT2D eigenvalue weighted by Crippen LogP contribution is -2.37. The largest absolute Gasteiger partial charge is 0.493 e. The Balaban J connectivity index is 0.00000363. The number of methoxy groups -OCH3 is 1. The van der Waals surface area contributed by atoms with Crippen molar-refractivity contribution in [2.75, 3.05) is 27.4 Å². The van der Waals surface area contributed by atoms with Crippen LogP contribution in [0.5, 0.6) is 5.75 Å². The first-order valence-electron chi connectivity index (χ1n) is 10.3. The van der Waals surface area contributed by atoms with Gasteiger partial charge in [-0.2, -0.15) is 0 Å². The van der Waals surface area contributed by atoms with Crippen LogP contribution in [0.25, 0.3) is 5.69 Å². The molecule has 172 valence electrons. The molecule has 8 nitrogen and oxygen atoms in total. The minimum absolute atomic E-state index is 0. The van der Waals surface area contributed by atoms with Crippen LogP contribution in [0.1, 0.15) is 23.4 Å². The zero-order chi connectivity index (χ0) is 21.9. The number of aryl methyl sites for hydroxylation is 1. The van der Waals surface area contributed by atoms with Crippen LogP contribution in [0.15, 0.2) is 59.9 Å². The topological polar surface area (TPSA) is 85.6 Å². The second kappa shape index (κ2) is 13.7. The van der Waals surface area contributed by atoms with Crippen LogP contribution in [0, 0.1) is 6.92 Å².